The van der Waals surface area contributed by atoms with Gasteiger partial charge < -0.3 is 0 Å². The molecule has 0 heterocycles. The van der Waals surface area contributed by atoms with Gasteiger partial charge in [0.15, 0.2) is 0 Å². The zero-order valence-electron chi connectivity index (χ0n) is 5.46. The second kappa shape index (κ2) is 1.24. The van der Waals surface area contributed by atoms with Crippen LogP contribution >= 0.6 is 0 Å². The highest BCUT2D eigenvalue weighted by molar-refractivity contribution is 5.79. The van der Waals surface area contributed by atoms with Crippen molar-refractivity contribution in [2.45, 2.75) is 0 Å². The van der Waals surface area contributed by atoms with Crippen LogP contribution in [0.4, 0.5) is 0 Å². The molecule has 46 valence electrons. The Morgan fingerprint density at radius 1 is 0.700 bits per heavy atom. The average Bonchev–Trinajstić information content (AvgIpc) is 2.67. The van der Waals surface area contributed by atoms with Gasteiger partial charge in [-0.25, -0.2) is 0 Å². The van der Waals surface area contributed by atoms with E-state index in [-0.39, 0.29) is 0 Å². The lowest BCUT2D eigenvalue weighted by atomic mass is 10.2. The summed E-state index contributed by atoms with van der Waals surface area (Å²) < 4.78 is 0. The van der Waals surface area contributed by atoms with E-state index in [1.807, 2.05) is 0 Å². The second-order valence-corrected chi connectivity index (χ2v) is 2.74. The summed E-state index contributed by atoms with van der Waals surface area (Å²) in [5.74, 6) is 0. The molecule has 0 aromatic carbocycles. The molecule has 0 unspecified atom stereocenters. The number of hydrogen-bond donors (Lipinski definition) is 0. The fraction of sp³-hybridized carbons (Fsp3) is 0. The number of rotatable bonds is 0. The Hall–Kier alpha value is -1.30. The van der Waals surface area contributed by atoms with Gasteiger partial charge in [0, 0.05) is 0 Å². The third-order valence-corrected chi connectivity index (χ3v) is 2.14. The average molecular weight is 126 g/mol. The highest BCUT2D eigenvalue weighted by Gasteiger charge is 2.26. The summed E-state index contributed by atoms with van der Waals surface area (Å²) >= 11 is 0. The minimum absolute atomic E-state index is 1.31. The number of fused-ring (bicyclic) bond motifs is 1. The van der Waals surface area contributed by atoms with Crippen molar-refractivity contribution in [2.24, 2.45) is 0 Å². The maximum absolute atomic E-state index is 2.19. The molecular weight excluding hydrogens is 120 g/mol. The molecule has 0 saturated carbocycles. The Balaban J connectivity index is 2.40. The molecule has 0 amide bonds. The van der Waals surface area contributed by atoms with E-state index in [4.69, 9.17) is 0 Å². The van der Waals surface area contributed by atoms with Gasteiger partial charge in [0.05, 0.1) is 0 Å². The van der Waals surface area contributed by atoms with E-state index in [0.717, 1.165) is 0 Å². The third-order valence-electron chi connectivity index (χ3n) is 2.14. The van der Waals surface area contributed by atoms with Crippen LogP contribution in [0.5, 0.6) is 0 Å². The van der Waals surface area contributed by atoms with Gasteiger partial charge >= 0.3 is 0 Å². The van der Waals surface area contributed by atoms with Gasteiger partial charge in [-0.3, -0.25) is 0 Å². The van der Waals surface area contributed by atoms with Crippen molar-refractivity contribution in [3.63, 3.8) is 0 Å². The van der Waals surface area contributed by atoms with Crippen molar-refractivity contribution in [3.05, 3.63) is 58.7 Å². The molecule has 0 atom stereocenters. The van der Waals surface area contributed by atoms with E-state index in [2.05, 4.69) is 36.5 Å². The van der Waals surface area contributed by atoms with Gasteiger partial charge in [0.2, 0.25) is 0 Å². The minimum Gasteiger partial charge on any atom is -0.0543 e. The molecule has 0 aliphatic heterocycles. The van der Waals surface area contributed by atoms with Crippen LogP contribution in [-0.2, 0) is 0 Å². The van der Waals surface area contributed by atoms with Crippen molar-refractivity contribution >= 4 is 0 Å². The lowest BCUT2D eigenvalue weighted by Gasteiger charge is -1.84. The molecule has 4 bridgehead atoms. The smallest absolute Gasteiger partial charge is 0.00987 e. The Labute approximate surface area is 59.6 Å². The topological polar surface area (TPSA) is 0 Å². The van der Waals surface area contributed by atoms with Gasteiger partial charge in [-0.2, -0.15) is 0 Å². The van der Waals surface area contributed by atoms with Crippen molar-refractivity contribution in [2.75, 3.05) is 0 Å². The number of allylic oxidation sites excluding steroid dienone is 10. The molecule has 0 aromatic heterocycles. The predicted molar refractivity (Wildman–Crippen MR) is 41.5 cm³/mol. The largest absolute Gasteiger partial charge is 0.0543 e. The predicted octanol–water partition coefficient (Wildman–Crippen LogP) is 2.29. The molecule has 10 heavy (non-hydrogen) atoms. The monoisotopic (exact) mass is 126 g/mol. The van der Waals surface area contributed by atoms with Gasteiger partial charge in [-0.05, 0) is 22.3 Å². The minimum atomic E-state index is 1.31. The Bertz CT molecular complexity index is 321. The maximum Gasteiger partial charge on any atom is -0.00987 e. The summed E-state index contributed by atoms with van der Waals surface area (Å²) in [4.78, 5) is 0. The highest BCUT2D eigenvalue weighted by atomic mass is 14.3. The van der Waals surface area contributed by atoms with E-state index < -0.39 is 0 Å². The van der Waals surface area contributed by atoms with Crippen LogP contribution in [0, 0.1) is 0 Å². The molecule has 0 saturated heterocycles. The molecule has 0 radical (unpaired) electrons. The fourth-order valence-electron chi connectivity index (χ4n) is 1.48. The lowest BCUT2D eigenvalue weighted by Crippen LogP contribution is -1.64. The van der Waals surface area contributed by atoms with Crippen molar-refractivity contribution in [3.8, 4) is 0 Å². The summed E-state index contributed by atoms with van der Waals surface area (Å²) in [7, 11) is 0. The Morgan fingerprint density at radius 2 is 1.40 bits per heavy atom. The maximum atomic E-state index is 2.19. The first-order valence-corrected chi connectivity index (χ1v) is 3.48. The zero-order valence-corrected chi connectivity index (χ0v) is 5.46. The standard InChI is InChI=1S/C10H6/c1-4-8-9-5-2-7(1)3-6-10(8)9/h1-6H. The normalized spacial score (nSPS) is 24.0. The van der Waals surface area contributed by atoms with Crippen LogP contribution in [0.1, 0.15) is 0 Å². The third kappa shape index (κ3) is 0.388. The summed E-state index contributed by atoms with van der Waals surface area (Å²) in [6, 6.07) is 0. The molecule has 0 spiro atoms. The summed E-state index contributed by atoms with van der Waals surface area (Å²) in [6.07, 6.45) is 13.1. The lowest BCUT2D eigenvalue weighted by molar-refractivity contribution is 1.71. The van der Waals surface area contributed by atoms with Crippen LogP contribution in [0.15, 0.2) is 58.7 Å². The van der Waals surface area contributed by atoms with Crippen LogP contribution in [0.2, 0.25) is 0 Å². The second-order valence-electron chi connectivity index (χ2n) is 2.74. The zero-order chi connectivity index (χ0) is 6.55. The highest BCUT2D eigenvalue weighted by Crippen LogP contribution is 2.44. The molecule has 4 rings (SSSR count). The molecular formula is C10H6. The van der Waals surface area contributed by atoms with E-state index in [1.54, 1.807) is 0 Å². The van der Waals surface area contributed by atoms with E-state index in [9.17, 15) is 0 Å². The molecule has 0 N–H and O–H groups in total. The molecule has 0 fully saturated rings. The van der Waals surface area contributed by atoms with Crippen LogP contribution in [0.25, 0.3) is 0 Å². The summed E-state index contributed by atoms with van der Waals surface area (Å²) in [6.45, 7) is 0. The number of hydrogen-bond acceptors (Lipinski definition) is 0. The quantitative estimate of drug-likeness (QED) is 0.467. The molecule has 4 aliphatic rings. The van der Waals surface area contributed by atoms with Gasteiger partial charge in [0.25, 0.3) is 0 Å². The molecule has 4 aliphatic carbocycles. The van der Waals surface area contributed by atoms with Crippen molar-refractivity contribution in [1.29, 1.82) is 0 Å². The Kier molecular flexibility index (Phi) is 0.558. The van der Waals surface area contributed by atoms with Gasteiger partial charge in [-0.1, -0.05) is 36.5 Å². The summed E-state index contributed by atoms with van der Waals surface area (Å²) in [5, 5.41) is 0. The molecule has 0 heteroatoms. The van der Waals surface area contributed by atoms with Crippen LogP contribution < -0.4 is 0 Å². The van der Waals surface area contributed by atoms with Gasteiger partial charge in [0.1, 0.15) is 0 Å². The fourth-order valence-corrected chi connectivity index (χ4v) is 1.48. The van der Waals surface area contributed by atoms with E-state index in [1.165, 1.54) is 22.3 Å². The first-order chi connectivity index (χ1) is 4.95. The van der Waals surface area contributed by atoms with Crippen molar-refractivity contribution in [1.82, 2.24) is 0 Å². The molecule has 0 nitrogen and oxygen atoms in total. The van der Waals surface area contributed by atoms with E-state index >= 15 is 0 Å². The summed E-state index contributed by atoms with van der Waals surface area (Å²) in [5.41, 5.74) is 5.60. The molecule has 0 aromatic rings. The SMILES string of the molecule is C1=CC2=C3C=CC1=CC=C23. The first-order valence-electron chi connectivity index (χ1n) is 3.48. The van der Waals surface area contributed by atoms with Crippen LogP contribution in [-0.4, -0.2) is 0 Å². The van der Waals surface area contributed by atoms with Gasteiger partial charge in [-0.15, -0.1) is 0 Å². The first kappa shape index (κ1) is 4.51. The van der Waals surface area contributed by atoms with Crippen LogP contribution in [0.3, 0.4) is 0 Å². The Morgan fingerprint density at radius 3 is 2.10 bits per heavy atom. The van der Waals surface area contributed by atoms with Crippen molar-refractivity contribution < 1.29 is 0 Å². The van der Waals surface area contributed by atoms with E-state index in [0.29, 0.717) is 0 Å².